The van der Waals surface area contributed by atoms with Crippen LogP contribution in [0.4, 0.5) is 0 Å². The topological polar surface area (TPSA) is 55.3 Å². The summed E-state index contributed by atoms with van der Waals surface area (Å²) in [5, 5.41) is 3.38. The molecule has 6 nitrogen and oxygen atoms in total. The van der Waals surface area contributed by atoms with Gasteiger partial charge in [-0.05, 0) is 25.3 Å². The van der Waals surface area contributed by atoms with E-state index < -0.39 is 0 Å². The highest BCUT2D eigenvalue weighted by Crippen LogP contribution is 2.34. The Kier molecular flexibility index (Phi) is 10.1. The summed E-state index contributed by atoms with van der Waals surface area (Å²) in [4.78, 5) is 6.51. The minimum absolute atomic E-state index is 0.580. The molecule has 1 N–H and O–H groups in total. The zero-order valence-electron chi connectivity index (χ0n) is 16.8. The van der Waals surface area contributed by atoms with E-state index in [1.807, 2.05) is 18.2 Å². The van der Waals surface area contributed by atoms with Gasteiger partial charge in [-0.1, -0.05) is 12.5 Å². The fourth-order valence-electron chi connectivity index (χ4n) is 2.71. The van der Waals surface area contributed by atoms with E-state index in [-0.39, 0.29) is 0 Å². The van der Waals surface area contributed by atoms with Crippen molar-refractivity contribution in [2.24, 2.45) is 4.99 Å². The fraction of sp³-hybridized carbons (Fsp3) is 0.550. The number of ether oxygens (including phenoxy) is 3. The van der Waals surface area contributed by atoms with Crippen LogP contribution in [0.3, 0.4) is 0 Å². The second kappa shape index (κ2) is 12.1. The number of unbranched alkanes of at least 4 members (excludes halogenated alkanes) is 3. The lowest BCUT2D eigenvalue weighted by Gasteiger charge is -2.23. The maximum absolute atomic E-state index is 5.48. The lowest BCUT2D eigenvalue weighted by atomic mass is 10.1. The molecule has 0 aromatic heterocycles. The van der Waals surface area contributed by atoms with Crippen molar-refractivity contribution in [3.8, 4) is 17.2 Å². The van der Waals surface area contributed by atoms with E-state index in [0.717, 1.165) is 36.7 Å². The third kappa shape index (κ3) is 6.50. The van der Waals surface area contributed by atoms with Crippen molar-refractivity contribution >= 4 is 5.96 Å². The monoisotopic (exact) mass is 363 g/mol. The van der Waals surface area contributed by atoms with E-state index in [4.69, 9.17) is 14.2 Å². The number of nitrogens with zero attached hydrogens (tertiary/aromatic N) is 2. The van der Waals surface area contributed by atoms with E-state index in [1.54, 1.807) is 28.4 Å². The smallest absolute Gasteiger partial charge is 0.193 e. The molecule has 1 aromatic carbocycles. The Morgan fingerprint density at radius 1 is 1.08 bits per heavy atom. The molecule has 0 aliphatic carbocycles. The molecule has 0 bridgehead atoms. The zero-order chi connectivity index (χ0) is 19.4. The van der Waals surface area contributed by atoms with Gasteiger partial charge in [0.15, 0.2) is 17.5 Å². The molecule has 0 radical (unpaired) electrons. The summed E-state index contributed by atoms with van der Waals surface area (Å²) < 4.78 is 16.2. The highest BCUT2D eigenvalue weighted by atomic mass is 16.5. The molecule has 0 amide bonds. The van der Waals surface area contributed by atoms with Crippen LogP contribution < -0.4 is 19.5 Å². The van der Waals surface area contributed by atoms with Crippen LogP contribution in [0.5, 0.6) is 17.2 Å². The maximum atomic E-state index is 5.48. The van der Waals surface area contributed by atoms with Crippen molar-refractivity contribution in [2.75, 3.05) is 42.0 Å². The van der Waals surface area contributed by atoms with Gasteiger partial charge in [0.25, 0.3) is 0 Å². The first-order valence-corrected chi connectivity index (χ1v) is 8.92. The van der Waals surface area contributed by atoms with Gasteiger partial charge < -0.3 is 24.4 Å². The lowest BCUT2D eigenvalue weighted by molar-refractivity contribution is 0.347. The SMILES string of the molecule is C=CCCCCCN(C)C(=NC)NCc1cc(OC)c(OC)cc1OC. The maximum Gasteiger partial charge on any atom is 0.193 e. The minimum Gasteiger partial charge on any atom is -0.496 e. The Hall–Kier alpha value is -2.37. The molecule has 146 valence electrons. The van der Waals surface area contributed by atoms with E-state index in [0.29, 0.717) is 18.0 Å². The van der Waals surface area contributed by atoms with Crippen LogP contribution in [0.25, 0.3) is 0 Å². The first-order valence-electron chi connectivity index (χ1n) is 8.92. The second-order valence-electron chi connectivity index (χ2n) is 5.98. The van der Waals surface area contributed by atoms with Crippen molar-refractivity contribution < 1.29 is 14.2 Å². The van der Waals surface area contributed by atoms with Crippen LogP contribution in [0.1, 0.15) is 31.2 Å². The van der Waals surface area contributed by atoms with Crippen molar-refractivity contribution in [1.82, 2.24) is 10.2 Å². The average molecular weight is 364 g/mol. The molecule has 0 spiro atoms. The summed E-state index contributed by atoms with van der Waals surface area (Å²) in [5.74, 6) is 2.92. The standard InChI is InChI=1S/C20H33N3O3/c1-7-8-9-10-11-12-23(3)20(21-2)22-15-16-13-18(25-5)19(26-6)14-17(16)24-4/h7,13-14H,1,8-12,15H2,2-6H3,(H,21,22). The molecule has 6 heteroatoms. The summed E-state index contributed by atoms with van der Waals surface area (Å²) in [6, 6.07) is 3.76. The van der Waals surface area contributed by atoms with Gasteiger partial charge in [0, 0.05) is 38.8 Å². The van der Waals surface area contributed by atoms with Gasteiger partial charge in [-0.15, -0.1) is 6.58 Å². The minimum atomic E-state index is 0.580. The summed E-state index contributed by atoms with van der Waals surface area (Å²) in [6.45, 7) is 5.30. The first kappa shape index (κ1) is 21.7. The Labute approximate surface area is 157 Å². The molecule has 0 saturated heterocycles. The molecule has 0 unspecified atom stereocenters. The molecule has 1 rings (SSSR count). The van der Waals surface area contributed by atoms with Gasteiger partial charge in [-0.25, -0.2) is 0 Å². The van der Waals surface area contributed by atoms with Crippen LogP contribution >= 0.6 is 0 Å². The molecular formula is C20H33N3O3. The molecule has 0 aliphatic heterocycles. The van der Waals surface area contributed by atoms with Crippen molar-refractivity contribution in [2.45, 2.75) is 32.2 Å². The number of hydrogen-bond donors (Lipinski definition) is 1. The van der Waals surface area contributed by atoms with E-state index in [2.05, 4.69) is 28.8 Å². The number of guanidine groups is 1. The average Bonchev–Trinajstić information content (AvgIpc) is 2.67. The van der Waals surface area contributed by atoms with E-state index >= 15 is 0 Å². The number of rotatable bonds is 11. The summed E-state index contributed by atoms with van der Waals surface area (Å²) in [5.41, 5.74) is 0.977. The van der Waals surface area contributed by atoms with Crippen LogP contribution in [0, 0.1) is 0 Å². The number of methoxy groups -OCH3 is 3. The molecule has 0 fully saturated rings. The third-order valence-electron chi connectivity index (χ3n) is 4.20. The second-order valence-corrected chi connectivity index (χ2v) is 5.98. The first-order chi connectivity index (χ1) is 12.6. The Morgan fingerprint density at radius 2 is 1.73 bits per heavy atom. The Bertz CT molecular complexity index is 588. The third-order valence-corrected chi connectivity index (χ3v) is 4.20. The molecule has 1 aromatic rings. The van der Waals surface area contributed by atoms with Crippen molar-refractivity contribution in [3.63, 3.8) is 0 Å². The van der Waals surface area contributed by atoms with Gasteiger partial charge in [0.2, 0.25) is 0 Å². The molecule has 0 aliphatic rings. The fourth-order valence-corrected chi connectivity index (χ4v) is 2.71. The largest absolute Gasteiger partial charge is 0.496 e. The Morgan fingerprint density at radius 3 is 2.31 bits per heavy atom. The molecular weight excluding hydrogens is 330 g/mol. The molecule has 0 saturated carbocycles. The lowest BCUT2D eigenvalue weighted by Crippen LogP contribution is -2.39. The highest BCUT2D eigenvalue weighted by molar-refractivity contribution is 5.79. The van der Waals surface area contributed by atoms with Crippen LogP contribution in [0.2, 0.25) is 0 Å². The van der Waals surface area contributed by atoms with Crippen LogP contribution in [0.15, 0.2) is 29.8 Å². The quantitative estimate of drug-likeness (QED) is 0.282. The van der Waals surface area contributed by atoms with E-state index in [9.17, 15) is 0 Å². The summed E-state index contributed by atoms with van der Waals surface area (Å²) in [7, 11) is 8.73. The van der Waals surface area contributed by atoms with Gasteiger partial charge >= 0.3 is 0 Å². The summed E-state index contributed by atoms with van der Waals surface area (Å²) >= 11 is 0. The summed E-state index contributed by atoms with van der Waals surface area (Å²) in [6.07, 6.45) is 6.56. The van der Waals surface area contributed by atoms with Gasteiger partial charge in [-0.3, -0.25) is 4.99 Å². The van der Waals surface area contributed by atoms with Gasteiger partial charge in [0.05, 0.1) is 21.3 Å². The van der Waals surface area contributed by atoms with Crippen LogP contribution in [-0.4, -0.2) is 52.8 Å². The zero-order valence-corrected chi connectivity index (χ0v) is 16.8. The highest BCUT2D eigenvalue weighted by Gasteiger charge is 2.13. The number of allylic oxidation sites excluding steroid dienone is 1. The van der Waals surface area contributed by atoms with E-state index in [1.165, 1.54) is 12.8 Å². The molecule has 26 heavy (non-hydrogen) atoms. The number of benzene rings is 1. The van der Waals surface area contributed by atoms with Crippen molar-refractivity contribution in [3.05, 3.63) is 30.4 Å². The number of aliphatic imine (C=N–C) groups is 1. The predicted molar refractivity (Wildman–Crippen MR) is 108 cm³/mol. The molecule has 0 atom stereocenters. The number of nitrogens with one attached hydrogen (secondary N) is 1. The normalized spacial score (nSPS) is 11.0. The van der Waals surface area contributed by atoms with Gasteiger partial charge in [-0.2, -0.15) is 0 Å². The predicted octanol–water partition coefficient (Wildman–Crippen LogP) is 3.47. The van der Waals surface area contributed by atoms with Gasteiger partial charge in [0.1, 0.15) is 5.75 Å². The number of hydrogen-bond acceptors (Lipinski definition) is 4. The van der Waals surface area contributed by atoms with Crippen molar-refractivity contribution in [1.29, 1.82) is 0 Å². The van der Waals surface area contributed by atoms with Crippen LogP contribution in [-0.2, 0) is 6.54 Å². The Balaban J connectivity index is 2.68. The molecule has 0 heterocycles.